The van der Waals surface area contributed by atoms with Crippen LogP contribution >= 0.6 is 11.8 Å². The number of ether oxygens (including phenoxy) is 1. The third kappa shape index (κ3) is 3.80. The minimum Gasteiger partial charge on any atom is -0.378 e. The van der Waals surface area contributed by atoms with Gasteiger partial charge in [-0.05, 0) is 19.3 Å². The van der Waals surface area contributed by atoms with Crippen LogP contribution in [0.15, 0.2) is 27.8 Å². The first kappa shape index (κ1) is 23.2. The standard InChI is InChI=1S/C16H14F10N2OS/c17-10(14(18,19)20)11-13(15(21,22)23,16(24,25)26)30-12(27-11)8-2-1-3-9(8)28-4-6-29-7-5-28/h1-7H2/b11-10+. The average molecular weight is 472 g/mol. The summed E-state index contributed by atoms with van der Waals surface area (Å²) in [7, 11) is 0. The molecule has 14 heteroatoms. The third-order valence-corrected chi connectivity index (χ3v) is 6.38. The van der Waals surface area contributed by atoms with Gasteiger partial charge in [0.15, 0.2) is 0 Å². The first-order chi connectivity index (χ1) is 13.7. The predicted octanol–water partition coefficient (Wildman–Crippen LogP) is 5.51. The molecule has 0 aromatic rings. The molecule has 0 spiro atoms. The Morgan fingerprint density at radius 2 is 1.50 bits per heavy atom. The topological polar surface area (TPSA) is 24.8 Å². The van der Waals surface area contributed by atoms with Gasteiger partial charge in [-0.25, -0.2) is 4.99 Å². The molecule has 1 fully saturated rings. The second-order valence-electron chi connectivity index (χ2n) is 6.73. The largest absolute Gasteiger partial charge is 0.444 e. The molecule has 0 radical (unpaired) electrons. The lowest BCUT2D eigenvalue weighted by Crippen LogP contribution is -2.54. The number of thioether (sulfide) groups is 1. The van der Waals surface area contributed by atoms with Gasteiger partial charge in [0.1, 0.15) is 10.7 Å². The summed E-state index contributed by atoms with van der Waals surface area (Å²) < 4.78 is 134. The fraction of sp³-hybridized carbons (Fsp3) is 0.688. The van der Waals surface area contributed by atoms with Crippen LogP contribution in [0, 0.1) is 0 Å². The Kier molecular flexibility index (Phi) is 5.89. The highest BCUT2D eigenvalue weighted by Crippen LogP contribution is 2.63. The van der Waals surface area contributed by atoms with E-state index in [1.807, 2.05) is 0 Å². The predicted molar refractivity (Wildman–Crippen MR) is 87.3 cm³/mol. The van der Waals surface area contributed by atoms with Crippen molar-refractivity contribution >= 4 is 16.8 Å². The summed E-state index contributed by atoms with van der Waals surface area (Å²) in [6, 6.07) is 0. The number of nitrogens with zero attached hydrogens (tertiary/aromatic N) is 2. The molecule has 30 heavy (non-hydrogen) atoms. The third-order valence-electron chi connectivity index (χ3n) is 4.89. The average Bonchev–Trinajstić information content (AvgIpc) is 3.25. The molecule has 0 N–H and O–H groups in total. The van der Waals surface area contributed by atoms with Crippen molar-refractivity contribution < 1.29 is 48.6 Å². The molecule has 3 nitrogen and oxygen atoms in total. The second-order valence-corrected chi connectivity index (χ2v) is 7.94. The Labute approximate surface area is 167 Å². The lowest BCUT2D eigenvalue weighted by Gasteiger charge is -2.33. The van der Waals surface area contributed by atoms with Crippen molar-refractivity contribution in [3.8, 4) is 0 Å². The molecule has 0 bridgehead atoms. The van der Waals surface area contributed by atoms with E-state index in [9.17, 15) is 43.9 Å². The molecule has 0 atom stereocenters. The molecule has 0 aromatic heterocycles. The fourth-order valence-corrected chi connectivity index (χ4v) is 4.78. The summed E-state index contributed by atoms with van der Waals surface area (Å²) in [6.45, 7) is 1.19. The Bertz CT molecular complexity index is 773. The molecule has 1 saturated heterocycles. The van der Waals surface area contributed by atoms with Gasteiger partial charge in [0.2, 0.25) is 5.83 Å². The maximum atomic E-state index is 13.9. The van der Waals surface area contributed by atoms with Crippen LogP contribution in [0.5, 0.6) is 0 Å². The summed E-state index contributed by atoms with van der Waals surface area (Å²) in [4.78, 5) is 4.67. The monoisotopic (exact) mass is 472 g/mol. The first-order valence-corrected chi connectivity index (χ1v) is 9.45. The molecule has 0 saturated carbocycles. The number of alkyl halides is 9. The van der Waals surface area contributed by atoms with Crippen molar-refractivity contribution in [2.45, 2.75) is 42.5 Å². The van der Waals surface area contributed by atoms with E-state index in [1.165, 1.54) is 0 Å². The lowest BCUT2D eigenvalue weighted by atomic mass is 10.0. The Balaban J connectivity index is 2.19. The summed E-state index contributed by atoms with van der Waals surface area (Å²) in [5, 5.41) is -0.891. The summed E-state index contributed by atoms with van der Waals surface area (Å²) in [6.07, 6.45) is -17.9. The molecule has 1 aliphatic carbocycles. The quantitative estimate of drug-likeness (QED) is 0.496. The highest BCUT2D eigenvalue weighted by molar-refractivity contribution is 8.16. The maximum Gasteiger partial charge on any atom is 0.444 e. The number of hydrogen-bond donors (Lipinski definition) is 0. The SMILES string of the molecule is F/C(=C1/N=C(C2=C(N3CCOCC3)CCC2)SC1(C(F)(F)F)C(F)(F)F)C(F)(F)F. The summed E-state index contributed by atoms with van der Waals surface area (Å²) >= 11 is -0.924. The van der Waals surface area contributed by atoms with Gasteiger partial charge in [-0.1, -0.05) is 11.8 Å². The molecule has 3 aliphatic rings. The van der Waals surface area contributed by atoms with Crippen molar-refractivity contribution in [2.75, 3.05) is 26.3 Å². The molecule has 0 amide bonds. The van der Waals surface area contributed by atoms with Gasteiger partial charge in [-0.2, -0.15) is 43.9 Å². The number of aliphatic imine (C=N–C) groups is 1. The number of morpholine rings is 1. The lowest BCUT2D eigenvalue weighted by molar-refractivity contribution is -0.253. The zero-order chi connectivity index (χ0) is 22.5. The van der Waals surface area contributed by atoms with E-state index in [4.69, 9.17) is 4.74 Å². The minimum absolute atomic E-state index is 0.0191. The van der Waals surface area contributed by atoms with Crippen molar-refractivity contribution in [1.29, 1.82) is 0 Å². The Morgan fingerprint density at radius 3 is 2.00 bits per heavy atom. The molecular formula is C16H14F10N2OS. The van der Waals surface area contributed by atoms with Gasteiger partial charge < -0.3 is 9.64 Å². The van der Waals surface area contributed by atoms with E-state index in [0.717, 1.165) is 0 Å². The van der Waals surface area contributed by atoms with Crippen LogP contribution in [0.3, 0.4) is 0 Å². The molecular weight excluding hydrogens is 458 g/mol. The van der Waals surface area contributed by atoms with Crippen LogP contribution in [0.2, 0.25) is 0 Å². The molecule has 0 unspecified atom stereocenters. The van der Waals surface area contributed by atoms with Crippen LogP contribution in [0.1, 0.15) is 19.3 Å². The Morgan fingerprint density at radius 1 is 0.933 bits per heavy atom. The molecule has 3 rings (SSSR count). The molecule has 0 aromatic carbocycles. The maximum absolute atomic E-state index is 13.9. The number of hydrogen-bond acceptors (Lipinski definition) is 4. The van der Waals surface area contributed by atoms with E-state index in [2.05, 4.69) is 4.99 Å². The van der Waals surface area contributed by atoms with E-state index < -0.39 is 51.6 Å². The number of rotatable bonds is 2. The van der Waals surface area contributed by atoms with Crippen molar-refractivity contribution in [1.82, 2.24) is 4.90 Å². The van der Waals surface area contributed by atoms with Gasteiger partial charge in [0.25, 0.3) is 4.75 Å². The van der Waals surface area contributed by atoms with Gasteiger partial charge in [-0.15, -0.1) is 0 Å². The highest BCUT2D eigenvalue weighted by Gasteiger charge is 2.78. The summed E-state index contributed by atoms with van der Waals surface area (Å²) in [5.74, 6) is -3.51. The van der Waals surface area contributed by atoms with E-state index in [-0.39, 0.29) is 25.2 Å². The smallest absolute Gasteiger partial charge is 0.378 e. The number of halogens is 10. The fourth-order valence-electron chi connectivity index (χ4n) is 3.55. The first-order valence-electron chi connectivity index (χ1n) is 8.64. The van der Waals surface area contributed by atoms with Crippen LogP contribution in [0.25, 0.3) is 0 Å². The van der Waals surface area contributed by atoms with Crippen LogP contribution in [-0.2, 0) is 4.74 Å². The van der Waals surface area contributed by atoms with E-state index in [0.29, 0.717) is 31.6 Å². The second kappa shape index (κ2) is 7.61. The summed E-state index contributed by atoms with van der Waals surface area (Å²) in [5.41, 5.74) is -2.34. The molecule has 2 heterocycles. The van der Waals surface area contributed by atoms with Crippen LogP contribution in [-0.4, -0.2) is 59.5 Å². The zero-order valence-electron chi connectivity index (χ0n) is 14.9. The molecule has 170 valence electrons. The van der Waals surface area contributed by atoms with Gasteiger partial charge in [-0.3, -0.25) is 0 Å². The number of allylic oxidation sites excluding steroid dienone is 2. The molecule has 2 aliphatic heterocycles. The van der Waals surface area contributed by atoms with Gasteiger partial charge in [0, 0.05) is 24.4 Å². The zero-order valence-corrected chi connectivity index (χ0v) is 15.8. The van der Waals surface area contributed by atoms with Crippen LogP contribution in [0.4, 0.5) is 43.9 Å². The van der Waals surface area contributed by atoms with Gasteiger partial charge in [0.05, 0.1) is 13.2 Å². The van der Waals surface area contributed by atoms with Crippen molar-refractivity contribution in [2.24, 2.45) is 4.99 Å². The normalized spacial score (nSPS) is 25.1. The van der Waals surface area contributed by atoms with E-state index >= 15 is 0 Å². The van der Waals surface area contributed by atoms with E-state index in [1.54, 1.807) is 4.90 Å². The van der Waals surface area contributed by atoms with Crippen molar-refractivity contribution in [3.05, 3.63) is 22.8 Å². The van der Waals surface area contributed by atoms with Crippen LogP contribution < -0.4 is 0 Å². The van der Waals surface area contributed by atoms with Crippen molar-refractivity contribution in [3.63, 3.8) is 0 Å². The Hall–Kier alpha value is -1.44. The van der Waals surface area contributed by atoms with Gasteiger partial charge >= 0.3 is 18.5 Å². The highest BCUT2D eigenvalue weighted by atomic mass is 32.2. The minimum atomic E-state index is -6.28.